The average molecular weight is 395 g/mol. The van der Waals surface area contributed by atoms with Gasteiger partial charge in [-0.1, -0.05) is 10.3 Å². The van der Waals surface area contributed by atoms with Gasteiger partial charge in [0.1, 0.15) is 5.69 Å². The molecule has 0 bridgehead atoms. The lowest BCUT2D eigenvalue weighted by Gasteiger charge is -2.07. The minimum absolute atomic E-state index is 0.139. The van der Waals surface area contributed by atoms with E-state index in [0.29, 0.717) is 34.5 Å². The molecule has 0 saturated carbocycles. The van der Waals surface area contributed by atoms with Crippen LogP contribution in [0.2, 0.25) is 0 Å². The first-order valence-corrected chi connectivity index (χ1v) is 8.64. The monoisotopic (exact) mass is 395 g/mol. The number of furan rings is 1. The van der Waals surface area contributed by atoms with Gasteiger partial charge in [0, 0.05) is 17.7 Å². The summed E-state index contributed by atoms with van der Waals surface area (Å²) < 4.78 is 26.2. The number of rotatable bonds is 7. The van der Waals surface area contributed by atoms with Gasteiger partial charge in [0.05, 0.1) is 27.0 Å². The van der Waals surface area contributed by atoms with Crippen molar-refractivity contribution in [2.75, 3.05) is 14.2 Å². The van der Waals surface area contributed by atoms with Crippen molar-refractivity contribution in [3.63, 3.8) is 0 Å². The number of hydrogen-bond donors (Lipinski definition) is 1. The van der Waals surface area contributed by atoms with E-state index in [0.717, 1.165) is 5.56 Å². The molecule has 0 aliphatic carbocycles. The molecule has 0 saturated heterocycles. The summed E-state index contributed by atoms with van der Waals surface area (Å²) in [6, 6.07) is 12.1. The van der Waals surface area contributed by atoms with Gasteiger partial charge < -0.3 is 28.3 Å². The minimum Gasteiger partial charge on any atom is -0.493 e. The molecule has 9 heteroatoms. The number of methoxy groups -OCH3 is 2. The summed E-state index contributed by atoms with van der Waals surface area (Å²) in [5.74, 6) is 2.20. The molecule has 29 heavy (non-hydrogen) atoms. The molecule has 3 aromatic heterocycles. The predicted octanol–water partition coefficient (Wildman–Crippen LogP) is 3.54. The van der Waals surface area contributed by atoms with Crippen LogP contribution in [-0.2, 0) is 6.54 Å². The Morgan fingerprint density at radius 2 is 1.79 bits per heavy atom. The summed E-state index contributed by atoms with van der Waals surface area (Å²) in [6.07, 6.45) is 1.51. The van der Waals surface area contributed by atoms with Gasteiger partial charge in [-0.25, -0.2) is 0 Å². The second kappa shape index (κ2) is 7.93. The van der Waals surface area contributed by atoms with Crippen molar-refractivity contribution in [3.05, 3.63) is 60.1 Å². The number of nitrogens with one attached hydrogen (secondary N) is 1. The summed E-state index contributed by atoms with van der Waals surface area (Å²) >= 11 is 0. The SMILES string of the molecule is COc1ccc(-c2cc(CNC(=O)c3cc(-c4ccco4)on3)no2)cc1OC. The van der Waals surface area contributed by atoms with E-state index in [1.807, 2.05) is 6.07 Å². The van der Waals surface area contributed by atoms with Gasteiger partial charge in [0.2, 0.25) is 5.76 Å². The Morgan fingerprint density at radius 3 is 2.55 bits per heavy atom. The number of ether oxygens (including phenoxy) is 2. The number of amides is 1. The van der Waals surface area contributed by atoms with Crippen LogP contribution in [0.4, 0.5) is 0 Å². The fourth-order valence-corrected chi connectivity index (χ4v) is 2.70. The smallest absolute Gasteiger partial charge is 0.273 e. The van der Waals surface area contributed by atoms with Crippen LogP contribution in [0, 0.1) is 0 Å². The summed E-state index contributed by atoms with van der Waals surface area (Å²) in [5.41, 5.74) is 1.46. The third-order valence-electron chi connectivity index (χ3n) is 4.16. The molecule has 9 nitrogen and oxygen atoms in total. The molecule has 1 aromatic carbocycles. The van der Waals surface area contributed by atoms with Crippen molar-refractivity contribution in [2.45, 2.75) is 6.54 Å². The lowest BCUT2D eigenvalue weighted by Crippen LogP contribution is -2.23. The number of carbonyl (C=O) groups is 1. The predicted molar refractivity (Wildman–Crippen MR) is 100 cm³/mol. The zero-order chi connectivity index (χ0) is 20.2. The number of hydrogen-bond acceptors (Lipinski definition) is 8. The van der Waals surface area contributed by atoms with Gasteiger partial charge in [-0.05, 0) is 30.3 Å². The molecule has 4 rings (SSSR count). The maximum atomic E-state index is 12.3. The lowest BCUT2D eigenvalue weighted by molar-refractivity contribution is 0.0941. The van der Waals surface area contributed by atoms with E-state index >= 15 is 0 Å². The third-order valence-corrected chi connectivity index (χ3v) is 4.16. The van der Waals surface area contributed by atoms with Crippen molar-refractivity contribution < 1.29 is 27.7 Å². The second-order valence-electron chi connectivity index (χ2n) is 5.99. The molecule has 3 heterocycles. The van der Waals surface area contributed by atoms with Gasteiger partial charge in [-0.2, -0.15) is 0 Å². The summed E-state index contributed by atoms with van der Waals surface area (Å²) in [7, 11) is 3.13. The van der Waals surface area contributed by atoms with Crippen LogP contribution in [-0.4, -0.2) is 30.4 Å². The molecule has 0 atom stereocenters. The number of nitrogens with zero attached hydrogens (tertiary/aromatic N) is 2. The quantitative estimate of drug-likeness (QED) is 0.506. The molecule has 1 amide bonds. The van der Waals surface area contributed by atoms with E-state index in [1.165, 1.54) is 12.3 Å². The van der Waals surface area contributed by atoms with Gasteiger partial charge in [-0.15, -0.1) is 0 Å². The van der Waals surface area contributed by atoms with Crippen LogP contribution < -0.4 is 14.8 Å². The van der Waals surface area contributed by atoms with Crippen molar-refractivity contribution in [3.8, 4) is 34.3 Å². The molecule has 0 aliphatic rings. The van der Waals surface area contributed by atoms with Crippen LogP contribution in [0.25, 0.3) is 22.8 Å². The number of carbonyl (C=O) groups excluding carboxylic acids is 1. The Balaban J connectivity index is 1.41. The highest BCUT2D eigenvalue weighted by atomic mass is 16.5. The molecule has 0 aliphatic heterocycles. The van der Waals surface area contributed by atoms with E-state index < -0.39 is 5.91 Å². The first kappa shape index (κ1) is 18.4. The maximum Gasteiger partial charge on any atom is 0.273 e. The van der Waals surface area contributed by atoms with Gasteiger partial charge >= 0.3 is 0 Å². The Hall–Kier alpha value is -4.01. The zero-order valence-corrected chi connectivity index (χ0v) is 15.7. The highest BCUT2D eigenvalue weighted by Crippen LogP contribution is 2.32. The zero-order valence-electron chi connectivity index (χ0n) is 15.7. The number of aromatic nitrogens is 2. The van der Waals surface area contributed by atoms with Crippen molar-refractivity contribution in [2.24, 2.45) is 0 Å². The summed E-state index contributed by atoms with van der Waals surface area (Å²) in [6.45, 7) is 0.165. The van der Waals surface area contributed by atoms with Gasteiger partial charge in [-0.3, -0.25) is 4.79 Å². The van der Waals surface area contributed by atoms with E-state index in [1.54, 1.807) is 44.6 Å². The highest BCUT2D eigenvalue weighted by Gasteiger charge is 2.16. The van der Waals surface area contributed by atoms with E-state index in [9.17, 15) is 4.79 Å². The molecule has 0 unspecified atom stereocenters. The number of benzene rings is 1. The van der Waals surface area contributed by atoms with Gasteiger partial charge in [0.25, 0.3) is 5.91 Å². The topological polar surface area (TPSA) is 113 Å². The van der Waals surface area contributed by atoms with Crippen LogP contribution >= 0.6 is 0 Å². The summed E-state index contributed by atoms with van der Waals surface area (Å²) in [4.78, 5) is 12.3. The largest absolute Gasteiger partial charge is 0.493 e. The van der Waals surface area contributed by atoms with Crippen LogP contribution in [0.3, 0.4) is 0 Å². The van der Waals surface area contributed by atoms with Crippen molar-refractivity contribution in [1.82, 2.24) is 15.6 Å². The van der Waals surface area contributed by atoms with Crippen LogP contribution in [0.1, 0.15) is 16.2 Å². The molecule has 148 valence electrons. The standard InChI is InChI=1S/C20H17N3O6/c1-25-15-6-5-12(8-18(15)26-2)17-9-13(22-28-17)11-21-20(24)14-10-19(29-23-14)16-4-3-7-27-16/h3-10H,11H2,1-2H3,(H,21,24). The normalized spacial score (nSPS) is 10.7. The Kier molecular flexibility index (Phi) is 5.02. The highest BCUT2D eigenvalue weighted by molar-refractivity contribution is 5.92. The van der Waals surface area contributed by atoms with Crippen LogP contribution in [0.5, 0.6) is 11.5 Å². The molecule has 0 fully saturated rings. The molecule has 0 radical (unpaired) electrons. The summed E-state index contributed by atoms with van der Waals surface area (Å²) in [5, 5.41) is 10.5. The fraction of sp³-hybridized carbons (Fsp3) is 0.150. The maximum absolute atomic E-state index is 12.3. The van der Waals surface area contributed by atoms with Gasteiger partial charge in [0.15, 0.2) is 28.7 Å². The first-order valence-electron chi connectivity index (χ1n) is 8.64. The minimum atomic E-state index is -0.401. The Morgan fingerprint density at radius 1 is 0.966 bits per heavy atom. The van der Waals surface area contributed by atoms with Crippen LogP contribution in [0.15, 0.2) is 62.2 Å². The molecule has 0 spiro atoms. The average Bonchev–Trinajstić information content (AvgIpc) is 3.52. The van der Waals surface area contributed by atoms with Crippen molar-refractivity contribution >= 4 is 5.91 Å². The van der Waals surface area contributed by atoms with E-state index in [2.05, 4.69) is 15.6 Å². The van der Waals surface area contributed by atoms with E-state index in [-0.39, 0.29) is 12.2 Å². The van der Waals surface area contributed by atoms with E-state index in [4.69, 9.17) is 22.9 Å². The second-order valence-corrected chi connectivity index (χ2v) is 5.99. The lowest BCUT2D eigenvalue weighted by atomic mass is 10.1. The third kappa shape index (κ3) is 3.84. The Labute approximate surface area is 165 Å². The molecular weight excluding hydrogens is 378 g/mol. The fourth-order valence-electron chi connectivity index (χ4n) is 2.70. The molecular formula is C20H17N3O6. The molecule has 1 N–H and O–H groups in total. The van der Waals surface area contributed by atoms with Crippen molar-refractivity contribution in [1.29, 1.82) is 0 Å². The first-order chi connectivity index (χ1) is 14.2. The Bertz CT molecular complexity index is 1110. The molecule has 4 aromatic rings.